The average Bonchev–Trinajstić information content (AvgIpc) is 2.93. The maximum atomic E-state index is 12.0. The van der Waals surface area contributed by atoms with Gasteiger partial charge < -0.3 is 0 Å². The zero-order valence-electron chi connectivity index (χ0n) is 13.8. The Morgan fingerprint density at radius 3 is 2.71 bits per heavy atom. The van der Waals surface area contributed by atoms with E-state index in [1.54, 1.807) is 4.31 Å². The van der Waals surface area contributed by atoms with Crippen molar-refractivity contribution < 1.29 is 8.42 Å². The fraction of sp³-hybridized carbons (Fsp3) is 0.444. The lowest BCUT2D eigenvalue weighted by Crippen LogP contribution is -2.47. The van der Waals surface area contributed by atoms with Gasteiger partial charge in [0.2, 0.25) is 10.0 Å². The highest BCUT2D eigenvalue weighted by Gasteiger charge is 2.45. The van der Waals surface area contributed by atoms with Crippen molar-refractivity contribution in [2.75, 3.05) is 19.3 Å². The largest absolute Gasteiger partial charge is 0.236 e. The van der Waals surface area contributed by atoms with Gasteiger partial charge in [-0.1, -0.05) is 30.3 Å². The molecule has 0 saturated carbocycles. The fourth-order valence-corrected chi connectivity index (χ4v) is 4.98. The molecule has 2 heterocycles. The Morgan fingerprint density at radius 1 is 1.17 bits per heavy atom. The number of aromatic nitrogens is 2. The third kappa shape index (κ3) is 2.63. The number of piperidine rings is 1. The summed E-state index contributed by atoms with van der Waals surface area (Å²) in [7, 11) is -3.16. The third-order valence-corrected chi connectivity index (χ3v) is 6.53. The summed E-state index contributed by atoms with van der Waals surface area (Å²) in [4.78, 5) is 9.41. The number of hydrogen-bond acceptors (Lipinski definition) is 4. The molecule has 6 heteroatoms. The lowest BCUT2D eigenvalue weighted by Gasteiger charge is -2.39. The van der Waals surface area contributed by atoms with Gasteiger partial charge in [-0.05, 0) is 31.2 Å². The smallest absolute Gasteiger partial charge is 0.211 e. The first-order chi connectivity index (χ1) is 11.5. The Hall–Kier alpha value is -1.79. The number of nitrogens with zero attached hydrogens (tertiary/aromatic N) is 3. The normalized spacial score (nSPS) is 24.2. The molecule has 0 bridgehead atoms. The van der Waals surface area contributed by atoms with Gasteiger partial charge in [-0.2, -0.15) is 0 Å². The molecule has 1 aliphatic heterocycles. The minimum Gasteiger partial charge on any atom is -0.236 e. The highest BCUT2D eigenvalue weighted by molar-refractivity contribution is 7.88. The number of sulfonamides is 1. The molecular formula is C18H21N3O2S. The van der Waals surface area contributed by atoms with Crippen LogP contribution in [0.15, 0.2) is 36.5 Å². The molecule has 2 aromatic rings. The Morgan fingerprint density at radius 2 is 1.96 bits per heavy atom. The summed E-state index contributed by atoms with van der Waals surface area (Å²) in [5.74, 6) is 0.729. The van der Waals surface area contributed by atoms with E-state index in [1.807, 2.05) is 36.5 Å². The van der Waals surface area contributed by atoms with Gasteiger partial charge >= 0.3 is 0 Å². The lowest BCUT2D eigenvalue weighted by molar-refractivity contribution is 0.220. The molecule has 5 nitrogen and oxygen atoms in total. The van der Waals surface area contributed by atoms with E-state index in [4.69, 9.17) is 4.98 Å². The van der Waals surface area contributed by atoms with Gasteiger partial charge in [0.25, 0.3) is 0 Å². The van der Waals surface area contributed by atoms with Crippen molar-refractivity contribution in [3.63, 3.8) is 0 Å². The molecule has 0 N–H and O–H groups in total. The molecule has 1 spiro atoms. The molecule has 0 amide bonds. The third-order valence-electron chi connectivity index (χ3n) is 5.28. The van der Waals surface area contributed by atoms with Crippen LogP contribution in [0.5, 0.6) is 0 Å². The maximum absolute atomic E-state index is 12.0. The van der Waals surface area contributed by atoms with E-state index in [0.717, 1.165) is 42.8 Å². The molecule has 4 rings (SSSR count). The summed E-state index contributed by atoms with van der Waals surface area (Å²) in [6.45, 7) is 1.16. The SMILES string of the molecule is CS(=O)(=O)N1CCCC2(CCc3cnc(-c4ccccc4)nc32)C1. The quantitative estimate of drug-likeness (QED) is 0.840. The van der Waals surface area contributed by atoms with Crippen LogP contribution >= 0.6 is 0 Å². The molecule has 1 aromatic heterocycles. The van der Waals surface area contributed by atoms with Gasteiger partial charge in [-0.25, -0.2) is 22.7 Å². The minimum atomic E-state index is -3.16. The number of aryl methyl sites for hydroxylation is 1. The maximum Gasteiger partial charge on any atom is 0.211 e. The van der Waals surface area contributed by atoms with Crippen LogP contribution in [0.2, 0.25) is 0 Å². The van der Waals surface area contributed by atoms with E-state index in [0.29, 0.717) is 13.1 Å². The number of rotatable bonds is 2. The van der Waals surface area contributed by atoms with Crippen molar-refractivity contribution >= 4 is 10.0 Å². The lowest BCUT2D eigenvalue weighted by atomic mass is 9.78. The highest BCUT2D eigenvalue weighted by atomic mass is 32.2. The van der Waals surface area contributed by atoms with Crippen LogP contribution in [-0.2, 0) is 21.9 Å². The van der Waals surface area contributed by atoms with Crippen molar-refractivity contribution in [2.45, 2.75) is 31.1 Å². The molecule has 1 fully saturated rings. The molecule has 1 atom stereocenters. The van der Waals surface area contributed by atoms with Crippen molar-refractivity contribution in [2.24, 2.45) is 0 Å². The second-order valence-electron chi connectivity index (χ2n) is 6.91. The standard InChI is InChI=1S/C18H21N3O2S/c1-24(22,23)21-11-5-9-18(13-21)10-8-15-12-19-17(20-16(15)18)14-6-3-2-4-7-14/h2-4,6-7,12H,5,8-11,13H2,1H3. The zero-order valence-corrected chi connectivity index (χ0v) is 14.6. The first-order valence-corrected chi connectivity index (χ1v) is 10.2. The van der Waals surface area contributed by atoms with Gasteiger partial charge in [-0.15, -0.1) is 0 Å². The summed E-state index contributed by atoms with van der Waals surface area (Å²) >= 11 is 0. The van der Waals surface area contributed by atoms with Crippen molar-refractivity contribution in [3.8, 4) is 11.4 Å². The van der Waals surface area contributed by atoms with Crippen LogP contribution in [0.3, 0.4) is 0 Å². The summed E-state index contributed by atoms with van der Waals surface area (Å²) in [5, 5.41) is 0. The molecule has 1 unspecified atom stereocenters. The van der Waals surface area contributed by atoms with Gasteiger partial charge in [0.05, 0.1) is 11.9 Å². The summed E-state index contributed by atoms with van der Waals surface area (Å²) < 4.78 is 25.7. The Labute approximate surface area is 142 Å². The van der Waals surface area contributed by atoms with E-state index in [9.17, 15) is 8.42 Å². The molecule has 0 radical (unpaired) electrons. The van der Waals surface area contributed by atoms with Gasteiger partial charge in [0.1, 0.15) is 0 Å². The Bertz CT molecular complexity index is 863. The summed E-state index contributed by atoms with van der Waals surface area (Å²) in [6, 6.07) is 9.95. The van der Waals surface area contributed by atoms with Crippen molar-refractivity contribution in [1.82, 2.24) is 14.3 Å². The van der Waals surface area contributed by atoms with E-state index in [2.05, 4.69) is 4.98 Å². The molecular weight excluding hydrogens is 322 g/mol. The van der Waals surface area contributed by atoms with Crippen LogP contribution in [-0.4, -0.2) is 42.0 Å². The molecule has 1 saturated heterocycles. The van der Waals surface area contributed by atoms with E-state index < -0.39 is 10.0 Å². The van der Waals surface area contributed by atoms with Crippen molar-refractivity contribution in [3.05, 3.63) is 47.8 Å². The van der Waals surface area contributed by atoms with Crippen LogP contribution in [0.25, 0.3) is 11.4 Å². The minimum absolute atomic E-state index is 0.150. The predicted octanol–water partition coefficient (Wildman–Crippen LogP) is 2.38. The Kier molecular flexibility index (Phi) is 3.69. The van der Waals surface area contributed by atoms with Crippen LogP contribution in [0.1, 0.15) is 30.5 Å². The van der Waals surface area contributed by atoms with Crippen molar-refractivity contribution in [1.29, 1.82) is 0 Å². The molecule has 126 valence electrons. The van der Waals surface area contributed by atoms with E-state index >= 15 is 0 Å². The summed E-state index contributed by atoms with van der Waals surface area (Å²) in [6.07, 6.45) is 7.01. The van der Waals surface area contributed by atoms with E-state index in [-0.39, 0.29) is 5.41 Å². The number of benzene rings is 1. The number of hydrogen-bond donors (Lipinski definition) is 0. The van der Waals surface area contributed by atoms with E-state index in [1.165, 1.54) is 11.8 Å². The number of fused-ring (bicyclic) bond motifs is 2. The fourth-order valence-electron chi connectivity index (χ4n) is 4.04. The Balaban J connectivity index is 1.75. The second kappa shape index (κ2) is 5.63. The van der Waals surface area contributed by atoms with Crippen LogP contribution in [0, 0.1) is 0 Å². The second-order valence-corrected chi connectivity index (χ2v) is 8.90. The van der Waals surface area contributed by atoms with Gasteiger partial charge in [-0.3, -0.25) is 0 Å². The first-order valence-electron chi connectivity index (χ1n) is 8.35. The highest BCUT2D eigenvalue weighted by Crippen LogP contribution is 2.44. The van der Waals surface area contributed by atoms with Crippen LogP contribution < -0.4 is 0 Å². The van der Waals surface area contributed by atoms with Gasteiger partial charge in [0.15, 0.2) is 5.82 Å². The average molecular weight is 343 g/mol. The first kappa shape index (κ1) is 15.7. The summed E-state index contributed by atoms with van der Waals surface area (Å²) in [5.41, 5.74) is 3.08. The zero-order chi connectivity index (χ0) is 16.8. The molecule has 1 aromatic carbocycles. The topological polar surface area (TPSA) is 63.2 Å². The van der Waals surface area contributed by atoms with Gasteiger partial charge in [0, 0.05) is 30.3 Å². The predicted molar refractivity (Wildman–Crippen MR) is 93.1 cm³/mol. The molecule has 1 aliphatic carbocycles. The monoisotopic (exact) mass is 343 g/mol. The van der Waals surface area contributed by atoms with Crippen LogP contribution in [0.4, 0.5) is 0 Å². The molecule has 2 aliphatic rings. The molecule has 24 heavy (non-hydrogen) atoms.